The number of rotatable bonds is 7. The number of carbonyl (C=O) groups is 1. The Balaban J connectivity index is 1.67. The Kier molecular flexibility index (Phi) is 8.02. The Hall–Kier alpha value is -3.92. The van der Waals surface area contributed by atoms with Crippen LogP contribution in [0.2, 0.25) is 0 Å². The summed E-state index contributed by atoms with van der Waals surface area (Å²) in [5, 5.41) is 14.8. The molecule has 9 nitrogen and oxygen atoms in total. The number of primary amides is 1. The minimum absolute atomic E-state index is 0.0440. The standard InChI is InChI=1S/C30H33F3N6O3S/c1-19(2)24(17-34)30(28(35)40)10-9-29(32,33)16-23(30)26-22(18-39(37-26)27-25(31)4-3-11-36-27)20-5-7-21(8-6-20)38-12-14-43(41,42)15-13-38/h3-8,11,18-19,23-24H,9-10,12-16H2,1-2H3,(H2,35,40)/t23?,24-,30?/m0/s1. The monoisotopic (exact) mass is 614 g/mol. The molecule has 1 saturated carbocycles. The van der Waals surface area contributed by atoms with Crippen molar-refractivity contribution in [2.75, 3.05) is 29.5 Å². The highest BCUT2D eigenvalue weighted by Gasteiger charge is 2.60. The fraction of sp³-hybridized carbons (Fsp3) is 0.467. The molecule has 228 valence electrons. The molecule has 1 aliphatic heterocycles. The Morgan fingerprint density at radius 1 is 1.14 bits per heavy atom. The van der Waals surface area contributed by atoms with Gasteiger partial charge in [-0.15, -0.1) is 0 Å². The summed E-state index contributed by atoms with van der Waals surface area (Å²) in [4.78, 5) is 19.3. The molecule has 2 aromatic heterocycles. The van der Waals surface area contributed by atoms with E-state index in [-0.39, 0.29) is 35.4 Å². The Morgan fingerprint density at radius 3 is 2.40 bits per heavy atom. The quantitative estimate of drug-likeness (QED) is 0.415. The molecule has 1 aliphatic carbocycles. The van der Waals surface area contributed by atoms with Crippen LogP contribution < -0.4 is 10.6 Å². The number of anilines is 1. The highest BCUT2D eigenvalue weighted by molar-refractivity contribution is 7.91. The van der Waals surface area contributed by atoms with Gasteiger partial charge in [0.25, 0.3) is 0 Å². The van der Waals surface area contributed by atoms with E-state index in [0.29, 0.717) is 24.2 Å². The third-order valence-electron chi connectivity index (χ3n) is 8.77. The average Bonchev–Trinajstić information content (AvgIpc) is 3.39. The molecule has 3 aromatic rings. The molecular formula is C30H33F3N6O3S. The summed E-state index contributed by atoms with van der Waals surface area (Å²) in [6.45, 7) is 4.17. The summed E-state index contributed by atoms with van der Waals surface area (Å²) in [7, 11) is -3.07. The molecule has 3 atom stereocenters. The highest BCUT2D eigenvalue weighted by atomic mass is 32.2. The van der Waals surface area contributed by atoms with Crippen LogP contribution in [0.4, 0.5) is 18.9 Å². The van der Waals surface area contributed by atoms with Crippen molar-refractivity contribution >= 4 is 21.4 Å². The SMILES string of the molecule is CC(C)[C@H](C#N)C1(C(N)=O)CCC(F)(F)CC1c1nn(-c2ncccc2F)cc1-c1ccc(N2CCS(=O)(=O)CC2)cc1. The van der Waals surface area contributed by atoms with Crippen molar-refractivity contribution in [3.63, 3.8) is 0 Å². The van der Waals surface area contributed by atoms with Gasteiger partial charge in [-0.2, -0.15) is 10.4 Å². The third-order valence-corrected chi connectivity index (χ3v) is 10.4. The lowest BCUT2D eigenvalue weighted by Crippen LogP contribution is -2.53. The lowest BCUT2D eigenvalue weighted by atomic mass is 9.55. The molecular weight excluding hydrogens is 581 g/mol. The van der Waals surface area contributed by atoms with Gasteiger partial charge in [0.2, 0.25) is 11.8 Å². The van der Waals surface area contributed by atoms with Crippen molar-refractivity contribution in [1.82, 2.24) is 14.8 Å². The second kappa shape index (κ2) is 11.3. The molecule has 0 spiro atoms. The molecule has 1 aromatic carbocycles. The minimum Gasteiger partial charge on any atom is -0.369 e. The molecule has 5 rings (SSSR count). The molecule has 13 heteroatoms. The first-order chi connectivity index (χ1) is 20.3. The fourth-order valence-electron chi connectivity index (χ4n) is 6.51. The number of carbonyl (C=O) groups excluding carboxylic acids is 1. The van der Waals surface area contributed by atoms with Crippen LogP contribution in [-0.4, -0.2) is 59.6 Å². The van der Waals surface area contributed by atoms with Gasteiger partial charge in [-0.05, 0) is 42.2 Å². The number of pyridine rings is 1. The van der Waals surface area contributed by atoms with Crippen LogP contribution >= 0.6 is 0 Å². The lowest BCUT2D eigenvalue weighted by Gasteiger charge is -2.47. The molecule has 1 saturated heterocycles. The predicted molar refractivity (Wildman–Crippen MR) is 155 cm³/mol. The second-order valence-electron chi connectivity index (χ2n) is 11.7. The van der Waals surface area contributed by atoms with E-state index in [1.165, 1.54) is 29.2 Å². The number of aromatic nitrogens is 3. The Morgan fingerprint density at radius 2 is 1.81 bits per heavy atom. The summed E-state index contributed by atoms with van der Waals surface area (Å²) < 4.78 is 70.1. The van der Waals surface area contributed by atoms with Gasteiger partial charge >= 0.3 is 0 Å². The van der Waals surface area contributed by atoms with E-state index in [4.69, 9.17) is 5.73 Å². The van der Waals surface area contributed by atoms with Gasteiger partial charge in [-0.3, -0.25) is 4.79 Å². The van der Waals surface area contributed by atoms with Gasteiger partial charge < -0.3 is 10.6 Å². The fourth-order valence-corrected chi connectivity index (χ4v) is 7.71. The number of hydrogen-bond donors (Lipinski definition) is 1. The maximum absolute atomic E-state index is 15.2. The molecule has 2 fully saturated rings. The van der Waals surface area contributed by atoms with E-state index in [1.54, 1.807) is 38.1 Å². The van der Waals surface area contributed by atoms with Gasteiger partial charge in [-0.1, -0.05) is 26.0 Å². The van der Waals surface area contributed by atoms with E-state index < -0.39 is 57.6 Å². The molecule has 2 unspecified atom stereocenters. The van der Waals surface area contributed by atoms with Crippen LogP contribution in [0.25, 0.3) is 16.9 Å². The molecule has 3 heterocycles. The van der Waals surface area contributed by atoms with Crippen LogP contribution in [0.15, 0.2) is 48.8 Å². The van der Waals surface area contributed by atoms with E-state index >= 15 is 8.78 Å². The van der Waals surface area contributed by atoms with Crippen molar-refractivity contribution in [1.29, 1.82) is 5.26 Å². The summed E-state index contributed by atoms with van der Waals surface area (Å²) in [5.74, 6) is -7.38. The first-order valence-electron chi connectivity index (χ1n) is 14.1. The topological polar surface area (TPSA) is 135 Å². The predicted octanol–water partition coefficient (Wildman–Crippen LogP) is 4.48. The summed E-state index contributed by atoms with van der Waals surface area (Å²) >= 11 is 0. The van der Waals surface area contributed by atoms with Crippen LogP contribution in [0.5, 0.6) is 0 Å². The van der Waals surface area contributed by atoms with Crippen molar-refractivity contribution < 1.29 is 26.4 Å². The van der Waals surface area contributed by atoms with Crippen molar-refractivity contribution in [2.45, 2.75) is 45.0 Å². The number of nitrogens with zero attached hydrogens (tertiary/aromatic N) is 5. The van der Waals surface area contributed by atoms with Crippen molar-refractivity contribution in [3.8, 4) is 23.0 Å². The zero-order valence-corrected chi connectivity index (χ0v) is 24.7. The first kappa shape index (κ1) is 30.5. The molecule has 1 amide bonds. The number of hydrogen-bond acceptors (Lipinski definition) is 7. The Bertz CT molecular complexity index is 1650. The van der Waals surface area contributed by atoms with Gasteiger partial charge in [0.15, 0.2) is 21.5 Å². The lowest BCUT2D eigenvalue weighted by molar-refractivity contribution is -0.145. The zero-order valence-electron chi connectivity index (χ0n) is 23.9. The van der Waals surface area contributed by atoms with Gasteiger partial charge in [0, 0.05) is 55.5 Å². The first-order valence-corrected chi connectivity index (χ1v) is 15.9. The average molecular weight is 615 g/mol. The van der Waals surface area contributed by atoms with E-state index in [9.17, 15) is 22.9 Å². The number of halogens is 3. The summed E-state index contributed by atoms with van der Waals surface area (Å²) in [5.41, 5.74) is 6.14. The van der Waals surface area contributed by atoms with Crippen LogP contribution in [-0.2, 0) is 14.6 Å². The number of alkyl halides is 2. The van der Waals surface area contributed by atoms with Crippen LogP contribution in [0.1, 0.15) is 44.7 Å². The molecule has 43 heavy (non-hydrogen) atoms. The molecule has 0 bridgehead atoms. The highest BCUT2D eigenvalue weighted by Crippen LogP contribution is 2.58. The second-order valence-corrected chi connectivity index (χ2v) is 14.0. The van der Waals surface area contributed by atoms with Gasteiger partial charge in [0.1, 0.15) is 0 Å². The Labute approximate surface area is 248 Å². The maximum Gasteiger partial charge on any atom is 0.248 e. The van der Waals surface area contributed by atoms with E-state index in [2.05, 4.69) is 16.2 Å². The number of benzene rings is 1. The van der Waals surface area contributed by atoms with Crippen molar-refractivity contribution in [2.24, 2.45) is 23.0 Å². The smallest absolute Gasteiger partial charge is 0.248 e. The number of amides is 1. The van der Waals surface area contributed by atoms with Crippen LogP contribution in [0.3, 0.4) is 0 Å². The minimum atomic E-state index is -3.16. The van der Waals surface area contributed by atoms with Gasteiger partial charge in [-0.25, -0.2) is 31.3 Å². The summed E-state index contributed by atoms with van der Waals surface area (Å²) in [6.07, 6.45) is 1.17. The zero-order chi connectivity index (χ0) is 31.2. The van der Waals surface area contributed by atoms with Gasteiger partial charge in [0.05, 0.1) is 34.6 Å². The van der Waals surface area contributed by atoms with E-state index in [0.717, 1.165) is 5.69 Å². The van der Waals surface area contributed by atoms with E-state index in [1.807, 2.05) is 4.90 Å². The molecule has 2 aliphatic rings. The van der Waals surface area contributed by atoms with Crippen LogP contribution in [0, 0.1) is 34.4 Å². The normalized spacial score (nSPS) is 23.9. The molecule has 2 N–H and O–H groups in total. The maximum atomic E-state index is 15.2. The van der Waals surface area contributed by atoms with Crippen molar-refractivity contribution in [3.05, 3.63) is 60.3 Å². The number of nitriles is 1. The largest absolute Gasteiger partial charge is 0.369 e. The summed E-state index contributed by atoms with van der Waals surface area (Å²) in [6, 6.07) is 11.9. The number of sulfone groups is 1. The third kappa shape index (κ3) is 5.72. The number of nitrogens with two attached hydrogens (primary N) is 1. The molecule has 0 radical (unpaired) electrons.